The molecule has 0 aliphatic carbocycles. The minimum Gasteiger partial charge on any atom is -0.344 e. The molecule has 0 aromatic heterocycles. The molecule has 0 saturated heterocycles. The Morgan fingerprint density at radius 1 is 1.25 bits per heavy atom. The van der Waals surface area contributed by atoms with Crippen molar-refractivity contribution < 1.29 is 8.42 Å². The third-order valence-corrected chi connectivity index (χ3v) is 2.57. The molecule has 0 rings (SSSR count). The third kappa shape index (κ3) is 4.08. The van der Waals surface area contributed by atoms with E-state index < -0.39 is 9.84 Å². The molecule has 0 heterocycles. The molecule has 0 saturated carbocycles. The van der Waals surface area contributed by atoms with Crippen LogP contribution >= 0.6 is 0 Å². The highest BCUT2D eigenvalue weighted by Crippen LogP contribution is 1.92. The Morgan fingerprint density at radius 3 is 1.38 bits per heavy atom. The molecule has 0 atom stereocenters. The standard InChI is InChI=1S/C4H10O2S.H3N/c1-4(2)7(3,5)6;/h4H,1-3H3;1H3. The fraction of sp³-hybridized carbons (Fsp3) is 1.00. The van der Waals surface area contributed by atoms with Gasteiger partial charge >= 0.3 is 0 Å². The summed E-state index contributed by atoms with van der Waals surface area (Å²) in [5, 5.41) is -0.229. The molecule has 8 heavy (non-hydrogen) atoms. The van der Waals surface area contributed by atoms with Crippen molar-refractivity contribution >= 4 is 9.84 Å². The fourth-order valence-corrected chi connectivity index (χ4v) is 0. The van der Waals surface area contributed by atoms with E-state index in [2.05, 4.69) is 0 Å². The van der Waals surface area contributed by atoms with Crippen LogP contribution in [0.2, 0.25) is 0 Å². The molecular formula is C4H13NO2S. The topological polar surface area (TPSA) is 69.1 Å². The molecular weight excluding hydrogens is 126 g/mol. The molecule has 0 fully saturated rings. The minimum absolute atomic E-state index is 0. The summed E-state index contributed by atoms with van der Waals surface area (Å²) >= 11 is 0. The molecule has 0 bridgehead atoms. The van der Waals surface area contributed by atoms with Crippen LogP contribution in [-0.4, -0.2) is 19.9 Å². The van der Waals surface area contributed by atoms with E-state index in [4.69, 9.17) is 0 Å². The Balaban J connectivity index is 0. The Morgan fingerprint density at radius 2 is 1.38 bits per heavy atom. The summed E-state index contributed by atoms with van der Waals surface area (Å²) < 4.78 is 20.7. The minimum atomic E-state index is -2.74. The van der Waals surface area contributed by atoms with Gasteiger partial charge in [0.15, 0.2) is 0 Å². The lowest BCUT2D eigenvalue weighted by atomic mass is 10.6. The molecule has 52 valence electrons. The van der Waals surface area contributed by atoms with Gasteiger partial charge in [0.25, 0.3) is 0 Å². The van der Waals surface area contributed by atoms with Crippen LogP contribution < -0.4 is 6.15 Å². The molecule has 0 aromatic carbocycles. The van der Waals surface area contributed by atoms with Crippen molar-refractivity contribution in [3.8, 4) is 0 Å². The third-order valence-electron chi connectivity index (χ3n) is 0.856. The maximum absolute atomic E-state index is 10.3. The predicted octanol–water partition coefficient (Wildman–Crippen LogP) is 0.601. The van der Waals surface area contributed by atoms with E-state index in [1.165, 1.54) is 6.26 Å². The molecule has 0 spiro atoms. The number of sulfone groups is 1. The van der Waals surface area contributed by atoms with Crippen molar-refractivity contribution in [1.29, 1.82) is 0 Å². The van der Waals surface area contributed by atoms with E-state index in [1.54, 1.807) is 13.8 Å². The summed E-state index contributed by atoms with van der Waals surface area (Å²) in [6.45, 7) is 3.32. The van der Waals surface area contributed by atoms with E-state index in [1.807, 2.05) is 0 Å². The van der Waals surface area contributed by atoms with Gasteiger partial charge in [-0.3, -0.25) is 0 Å². The number of rotatable bonds is 1. The van der Waals surface area contributed by atoms with Gasteiger partial charge in [0, 0.05) is 6.26 Å². The Hall–Kier alpha value is -0.0900. The van der Waals surface area contributed by atoms with E-state index >= 15 is 0 Å². The van der Waals surface area contributed by atoms with Crippen molar-refractivity contribution in [2.24, 2.45) is 0 Å². The monoisotopic (exact) mass is 139 g/mol. The van der Waals surface area contributed by atoms with Crippen molar-refractivity contribution in [3.63, 3.8) is 0 Å². The van der Waals surface area contributed by atoms with Gasteiger partial charge in [0.1, 0.15) is 9.84 Å². The van der Waals surface area contributed by atoms with Gasteiger partial charge < -0.3 is 6.15 Å². The normalized spacial score (nSPS) is 11.0. The lowest BCUT2D eigenvalue weighted by Gasteiger charge is -1.96. The van der Waals surface area contributed by atoms with Gasteiger partial charge in [-0.15, -0.1) is 0 Å². The zero-order valence-corrected chi connectivity index (χ0v) is 6.33. The predicted molar refractivity (Wildman–Crippen MR) is 35.0 cm³/mol. The first-order valence-electron chi connectivity index (χ1n) is 2.13. The van der Waals surface area contributed by atoms with Crippen LogP contribution in [0.3, 0.4) is 0 Å². The first kappa shape index (κ1) is 10.8. The van der Waals surface area contributed by atoms with Crippen LogP contribution in [0.25, 0.3) is 0 Å². The lowest BCUT2D eigenvalue weighted by Crippen LogP contribution is -2.10. The Kier molecular flexibility index (Phi) is 4.11. The molecule has 0 unspecified atom stereocenters. The molecule has 0 aromatic rings. The summed E-state index contributed by atoms with van der Waals surface area (Å²) in [6, 6.07) is 0. The first-order valence-corrected chi connectivity index (χ1v) is 4.09. The largest absolute Gasteiger partial charge is 0.344 e. The van der Waals surface area contributed by atoms with Crippen molar-refractivity contribution in [3.05, 3.63) is 0 Å². The molecule has 0 radical (unpaired) electrons. The van der Waals surface area contributed by atoms with Crippen LogP contribution in [0.4, 0.5) is 0 Å². The zero-order chi connectivity index (χ0) is 6.08. The lowest BCUT2D eigenvalue weighted by molar-refractivity contribution is 0.593. The van der Waals surface area contributed by atoms with Gasteiger partial charge in [-0.1, -0.05) is 0 Å². The van der Waals surface area contributed by atoms with Crippen LogP contribution in [0.5, 0.6) is 0 Å². The molecule has 0 amide bonds. The smallest absolute Gasteiger partial charge is 0.149 e. The molecule has 0 aliphatic rings. The quantitative estimate of drug-likeness (QED) is 0.578. The van der Waals surface area contributed by atoms with E-state index in [9.17, 15) is 8.42 Å². The summed E-state index contributed by atoms with van der Waals surface area (Å²) in [7, 11) is -2.74. The van der Waals surface area contributed by atoms with E-state index in [0.717, 1.165) is 0 Å². The van der Waals surface area contributed by atoms with E-state index in [0.29, 0.717) is 0 Å². The summed E-state index contributed by atoms with van der Waals surface area (Å²) in [6.07, 6.45) is 1.23. The average molecular weight is 139 g/mol. The molecule has 0 aliphatic heterocycles. The highest BCUT2D eigenvalue weighted by Gasteiger charge is 2.05. The fourth-order valence-electron chi connectivity index (χ4n) is 0. The van der Waals surface area contributed by atoms with Crippen molar-refractivity contribution in [2.45, 2.75) is 19.1 Å². The molecule has 3 nitrogen and oxygen atoms in total. The summed E-state index contributed by atoms with van der Waals surface area (Å²) in [4.78, 5) is 0. The Labute approximate surface area is 50.6 Å². The molecule has 3 N–H and O–H groups in total. The van der Waals surface area contributed by atoms with E-state index in [-0.39, 0.29) is 11.4 Å². The first-order chi connectivity index (χ1) is 2.94. The van der Waals surface area contributed by atoms with Gasteiger partial charge in [0.05, 0.1) is 5.25 Å². The SMILES string of the molecule is CC(C)S(C)(=O)=O.N. The van der Waals surface area contributed by atoms with Gasteiger partial charge in [-0.25, -0.2) is 8.42 Å². The van der Waals surface area contributed by atoms with Crippen LogP contribution in [0.15, 0.2) is 0 Å². The number of hydrogen-bond acceptors (Lipinski definition) is 3. The highest BCUT2D eigenvalue weighted by atomic mass is 32.2. The van der Waals surface area contributed by atoms with Crippen LogP contribution in [-0.2, 0) is 9.84 Å². The van der Waals surface area contributed by atoms with Crippen LogP contribution in [0.1, 0.15) is 13.8 Å². The summed E-state index contributed by atoms with van der Waals surface area (Å²) in [5.74, 6) is 0. The van der Waals surface area contributed by atoms with Crippen molar-refractivity contribution in [1.82, 2.24) is 6.15 Å². The maximum atomic E-state index is 10.3. The van der Waals surface area contributed by atoms with Gasteiger partial charge in [-0.05, 0) is 13.8 Å². The second kappa shape index (κ2) is 3.04. The van der Waals surface area contributed by atoms with Gasteiger partial charge in [-0.2, -0.15) is 0 Å². The number of hydrogen-bond donors (Lipinski definition) is 1. The Bertz CT molecular complexity index is 136. The van der Waals surface area contributed by atoms with Crippen molar-refractivity contribution in [2.75, 3.05) is 6.26 Å². The second-order valence-electron chi connectivity index (χ2n) is 1.88. The summed E-state index contributed by atoms with van der Waals surface area (Å²) in [5.41, 5.74) is 0. The average Bonchev–Trinajstić information content (AvgIpc) is 1.31. The maximum Gasteiger partial charge on any atom is 0.149 e. The second-order valence-corrected chi connectivity index (χ2v) is 4.48. The molecule has 4 heteroatoms. The highest BCUT2D eigenvalue weighted by molar-refractivity contribution is 7.91. The van der Waals surface area contributed by atoms with Gasteiger partial charge in [0.2, 0.25) is 0 Å². The van der Waals surface area contributed by atoms with Crippen LogP contribution in [0, 0.1) is 0 Å². The zero-order valence-electron chi connectivity index (χ0n) is 5.51.